The highest BCUT2D eigenvalue weighted by Crippen LogP contribution is 2.24. The zero-order valence-electron chi connectivity index (χ0n) is 14.4. The molecule has 1 N–H and O–H groups in total. The fraction of sp³-hybridized carbons (Fsp3) is 0.150. The predicted molar refractivity (Wildman–Crippen MR) is 104 cm³/mol. The van der Waals surface area contributed by atoms with Crippen LogP contribution in [0.3, 0.4) is 0 Å². The summed E-state index contributed by atoms with van der Waals surface area (Å²) < 4.78 is 0. The summed E-state index contributed by atoms with van der Waals surface area (Å²) in [6, 6.07) is 14.9. The number of hydrogen-bond acceptors (Lipinski definition) is 4. The summed E-state index contributed by atoms with van der Waals surface area (Å²) in [5.41, 5.74) is 3.07. The minimum absolute atomic E-state index is 0.123. The van der Waals surface area contributed by atoms with Crippen molar-refractivity contribution >= 4 is 28.9 Å². The molecule has 6 heteroatoms. The third kappa shape index (κ3) is 4.58. The number of aromatic nitrogens is 2. The van der Waals surface area contributed by atoms with E-state index in [1.165, 1.54) is 0 Å². The topological polar surface area (TPSA) is 58.1 Å². The normalized spacial score (nSPS) is 10.4. The fourth-order valence-corrected chi connectivity index (χ4v) is 2.67. The summed E-state index contributed by atoms with van der Waals surface area (Å²) in [7, 11) is 1.78. The minimum atomic E-state index is -0.123. The minimum Gasteiger partial charge on any atom is -0.354 e. The van der Waals surface area contributed by atoms with Gasteiger partial charge >= 0.3 is 0 Å². The van der Waals surface area contributed by atoms with Crippen LogP contribution in [0.4, 0.5) is 11.4 Å². The molecule has 0 fully saturated rings. The van der Waals surface area contributed by atoms with E-state index in [4.69, 9.17) is 11.6 Å². The standard InChI is InChI=1S/C20H19ClN4O/c1-25(13-9-15-6-10-22-11-7-15)20(26)19-14-16(8-12-23-19)24-18-5-3-2-4-17(18)21/h2-8,10-12,14H,9,13H2,1H3,(H,23,24). The third-order valence-electron chi connectivity index (χ3n) is 3.96. The molecule has 3 aromatic rings. The number of carbonyl (C=O) groups is 1. The van der Waals surface area contributed by atoms with Gasteiger partial charge in [-0.3, -0.25) is 14.8 Å². The molecule has 0 bridgehead atoms. The summed E-state index contributed by atoms with van der Waals surface area (Å²) >= 11 is 6.17. The van der Waals surface area contributed by atoms with Crippen molar-refractivity contribution in [2.75, 3.05) is 18.9 Å². The number of amides is 1. The Balaban J connectivity index is 1.66. The number of carbonyl (C=O) groups excluding carboxylic acids is 1. The summed E-state index contributed by atoms with van der Waals surface area (Å²) in [6.45, 7) is 0.604. The van der Waals surface area contributed by atoms with Gasteiger partial charge in [-0.05, 0) is 48.4 Å². The van der Waals surface area contributed by atoms with Crippen molar-refractivity contribution in [3.05, 3.63) is 83.4 Å². The molecule has 0 atom stereocenters. The van der Waals surface area contributed by atoms with E-state index in [0.717, 1.165) is 23.4 Å². The first-order valence-corrected chi connectivity index (χ1v) is 8.63. The van der Waals surface area contributed by atoms with Crippen molar-refractivity contribution in [1.29, 1.82) is 0 Å². The first kappa shape index (κ1) is 17.9. The van der Waals surface area contributed by atoms with Crippen LogP contribution >= 0.6 is 11.6 Å². The van der Waals surface area contributed by atoms with Gasteiger partial charge < -0.3 is 10.2 Å². The largest absolute Gasteiger partial charge is 0.354 e. The SMILES string of the molecule is CN(CCc1ccncc1)C(=O)c1cc(Nc2ccccc2Cl)ccn1. The Morgan fingerprint density at radius 1 is 1.12 bits per heavy atom. The average molecular weight is 367 g/mol. The monoisotopic (exact) mass is 366 g/mol. The lowest BCUT2D eigenvalue weighted by molar-refractivity contribution is 0.0791. The maximum Gasteiger partial charge on any atom is 0.272 e. The van der Waals surface area contributed by atoms with Crippen molar-refractivity contribution in [1.82, 2.24) is 14.9 Å². The van der Waals surface area contributed by atoms with Gasteiger partial charge in [0.05, 0.1) is 10.7 Å². The molecule has 0 aliphatic heterocycles. The van der Waals surface area contributed by atoms with E-state index in [1.54, 1.807) is 42.7 Å². The highest BCUT2D eigenvalue weighted by Gasteiger charge is 2.14. The van der Waals surface area contributed by atoms with E-state index in [-0.39, 0.29) is 5.91 Å². The molecule has 132 valence electrons. The van der Waals surface area contributed by atoms with Crippen molar-refractivity contribution in [3.63, 3.8) is 0 Å². The lowest BCUT2D eigenvalue weighted by atomic mass is 10.2. The number of halogens is 1. The Labute approximate surface area is 157 Å². The van der Waals surface area contributed by atoms with Gasteiger partial charge in [-0.15, -0.1) is 0 Å². The molecule has 26 heavy (non-hydrogen) atoms. The summed E-state index contributed by atoms with van der Waals surface area (Å²) in [4.78, 5) is 22.5. The second-order valence-corrected chi connectivity index (χ2v) is 6.27. The lowest BCUT2D eigenvalue weighted by Crippen LogP contribution is -2.29. The predicted octanol–water partition coefficient (Wildman–Crippen LogP) is 4.19. The molecular formula is C20H19ClN4O. The second kappa shape index (κ2) is 8.45. The van der Waals surface area contributed by atoms with E-state index >= 15 is 0 Å². The van der Waals surface area contributed by atoms with Crippen LogP contribution in [0.15, 0.2) is 67.1 Å². The maximum absolute atomic E-state index is 12.6. The number of nitrogens with one attached hydrogen (secondary N) is 1. The number of rotatable bonds is 6. The van der Waals surface area contributed by atoms with Crippen LogP contribution in [0.5, 0.6) is 0 Å². The average Bonchev–Trinajstić information content (AvgIpc) is 2.68. The molecule has 5 nitrogen and oxygen atoms in total. The Morgan fingerprint density at radius 3 is 2.65 bits per heavy atom. The molecular weight excluding hydrogens is 348 g/mol. The molecule has 2 heterocycles. The second-order valence-electron chi connectivity index (χ2n) is 5.87. The third-order valence-corrected chi connectivity index (χ3v) is 4.29. The summed E-state index contributed by atoms with van der Waals surface area (Å²) in [6.07, 6.45) is 5.89. The molecule has 0 unspecified atom stereocenters. The van der Waals surface area contributed by atoms with Crippen molar-refractivity contribution < 1.29 is 4.79 Å². The van der Waals surface area contributed by atoms with Crippen LogP contribution in [0.25, 0.3) is 0 Å². The van der Waals surface area contributed by atoms with Crippen LogP contribution < -0.4 is 5.32 Å². The zero-order valence-corrected chi connectivity index (χ0v) is 15.1. The number of likely N-dealkylation sites (N-methyl/N-ethyl adjacent to an activating group) is 1. The summed E-state index contributed by atoms with van der Waals surface area (Å²) in [5.74, 6) is -0.123. The number of pyridine rings is 2. The molecule has 0 saturated heterocycles. The molecule has 0 spiro atoms. The molecule has 3 rings (SSSR count). The summed E-state index contributed by atoms with van der Waals surface area (Å²) in [5, 5.41) is 3.83. The van der Waals surface area contributed by atoms with Crippen molar-refractivity contribution in [2.45, 2.75) is 6.42 Å². The number of anilines is 2. The van der Waals surface area contributed by atoms with Crippen molar-refractivity contribution in [3.8, 4) is 0 Å². The lowest BCUT2D eigenvalue weighted by Gasteiger charge is -2.17. The van der Waals surface area contributed by atoms with E-state index in [0.29, 0.717) is 17.3 Å². The Bertz CT molecular complexity index is 886. The quantitative estimate of drug-likeness (QED) is 0.710. The van der Waals surface area contributed by atoms with Gasteiger partial charge in [-0.25, -0.2) is 0 Å². The van der Waals surface area contributed by atoms with Crippen LogP contribution in [0.2, 0.25) is 5.02 Å². The van der Waals surface area contributed by atoms with Gasteiger partial charge in [0.1, 0.15) is 5.69 Å². The molecule has 0 radical (unpaired) electrons. The van der Waals surface area contributed by atoms with Crippen molar-refractivity contribution in [2.24, 2.45) is 0 Å². The first-order chi connectivity index (χ1) is 12.6. The highest BCUT2D eigenvalue weighted by atomic mass is 35.5. The van der Waals surface area contributed by atoms with Crippen LogP contribution in [-0.2, 0) is 6.42 Å². The Morgan fingerprint density at radius 2 is 1.88 bits per heavy atom. The number of hydrogen-bond donors (Lipinski definition) is 1. The molecule has 1 aromatic carbocycles. The van der Waals surface area contributed by atoms with Gasteiger partial charge in [-0.1, -0.05) is 23.7 Å². The Kier molecular flexibility index (Phi) is 5.81. The van der Waals surface area contributed by atoms with E-state index < -0.39 is 0 Å². The number of benzene rings is 1. The van der Waals surface area contributed by atoms with Crippen LogP contribution in [-0.4, -0.2) is 34.4 Å². The van der Waals surface area contributed by atoms with E-state index in [9.17, 15) is 4.79 Å². The molecule has 0 aliphatic rings. The molecule has 0 aliphatic carbocycles. The molecule has 0 saturated carbocycles. The number of nitrogens with zero attached hydrogens (tertiary/aromatic N) is 3. The van der Waals surface area contributed by atoms with E-state index in [1.807, 2.05) is 36.4 Å². The van der Waals surface area contributed by atoms with E-state index in [2.05, 4.69) is 15.3 Å². The fourth-order valence-electron chi connectivity index (χ4n) is 2.49. The Hall–Kier alpha value is -2.92. The van der Waals surface area contributed by atoms with Crippen LogP contribution in [0.1, 0.15) is 16.1 Å². The molecule has 2 aromatic heterocycles. The highest BCUT2D eigenvalue weighted by molar-refractivity contribution is 6.33. The van der Waals surface area contributed by atoms with Crippen LogP contribution in [0, 0.1) is 0 Å². The van der Waals surface area contributed by atoms with Gasteiger partial charge in [0, 0.05) is 37.9 Å². The number of para-hydroxylation sites is 1. The zero-order chi connectivity index (χ0) is 18.4. The van der Waals surface area contributed by atoms with Gasteiger partial charge in [0.15, 0.2) is 0 Å². The smallest absolute Gasteiger partial charge is 0.272 e. The van der Waals surface area contributed by atoms with Gasteiger partial charge in [-0.2, -0.15) is 0 Å². The molecule has 1 amide bonds. The maximum atomic E-state index is 12.6. The van der Waals surface area contributed by atoms with Gasteiger partial charge in [0.2, 0.25) is 0 Å². The van der Waals surface area contributed by atoms with Gasteiger partial charge in [0.25, 0.3) is 5.91 Å². The first-order valence-electron chi connectivity index (χ1n) is 8.25.